The van der Waals surface area contributed by atoms with Crippen LogP contribution in [0, 0.1) is 13.8 Å². The first-order valence-electron chi connectivity index (χ1n) is 21.2. The first kappa shape index (κ1) is 40.1. The number of aromatic nitrogens is 2. The van der Waals surface area contributed by atoms with E-state index in [9.17, 15) is 9.59 Å². The Hall–Kier alpha value is -6.37. The molecule has 2 aromatic heterocycles. The molecule has 2 atom stereocenters. The summed E-state index contributed by atoms with van der Waals surface area (Å²) in [4.78, 5) is 38.5. The van der Waals surface area contributed by atoms with Gasteiger partial charge in [0.1, 0.15) is 0 Å². The minimum Gasteiger partial charge on any atom is -0.356 e. The van der Waals surface area contributed by atoms with Gasteiger partial charge in [-0.1, -0.05) is 141 Å². The molecule has 2 N–H and O–H groups in total. The second-order valence-electron chi connectivity index (χ2n) is 17.6. The predicted octanol–water partition coefficient (Wildman–Crippen LogP) is 12.5. The Morgan fingerprint density at radius 3 is 1.34 bits per heavy atom. The lowest BCUT2D eigenvalue weighted by Crippen LogP contribution is -2.40. The first-order valence-corrected chi connectivity index (χ1v) is 21.6. The topological polar surface area (TPSA) is 72.2 Å². The van der Waals surface area contributed by atoms with Crippen LogP contribution in [0.5, 0.6) is 0 Å². The van der Waals surface area contributed by atoms with Gasteiger partial charge in [0.05, 0.1) is 12.1 Å². The lowest BCUT2D eigenvalue weighted by atomic mass is 9.86. The van der Waals surface area contributed by atoms with Crippen LogP contribution in [0.1, 0.15) is 104 Å². The number of nitrogens with one attached hydrogen (secondary N) is 2. The molecule has 2 aliphatic rings. The minimum atomic E-state index is -0.144. The Balaban J connectivity index is 0.000000157. The molecule has 8 aromatic rings. The second-order valence-corrected chi connectivity index (χ2v) is 18.0. The number of rotatable bonds is 4. The SMILES string of the molecule is Cc1ccc(C2c3[nH]c4ccccc4c3CCN2C(=O)c2ccc(C(C)(C)C)cc2)cc1.Cc1ccc(C2c3[nH]c4ccccc4c3CCN2C(=O)c2ccc(Cl)cc2)cc1. The highest BCUT2D eigenvalue weighted by Gasteiger charge is 2.36. The van der Waals surface area contributed by atoms with E-state index in [0.29, 0.717) is 23.7 Å². The van der Waals surface area contributed by atoms with Crippen molar-refractivity contribution in [3.05, 3.63) is 212 Å². The third-order valence-corrected chi connectivity index (χ3v) is 12.7. The summed E-state index contributed by atoms with van der Waals surface area (Å²) in [7, 11) is 0. The number of hydrogen-bond acceptors (Lipinski definition) is 2. The number of benzene rings is 6. The van der Waals surface area contributed by atoms with Crippen LogP contribution in [0.15, 0.2) is 146 Å². The van der Waals surface area contributed by atoms with Crippen LogP contribution in [0.3, 0.4) is 0 Å². The van der Waals surface area contributed by atoms with Gasteiger partial charge >= 0.3 is 0 Å². The normalized spacial score (nSPS) is 16.2. The van der Waals surface area contributed by atoms with Gasteiger partial charge in [0, 0.05) is 62.4 Å². The predicted molar refractivity (Wildman–Crippen MR) is 249 cm³/mol. The maximum Gasteiger partial charge on any atom is 0.254 e. The molecule has 0 aliphatic carbocycles. The molecule has 2 aliphatic heterocycles. The van der Waals surface area contributed by atoms with E-state index >= 15 is 0 Å². The largest absolute Gasteiger partial charge is 0.356 e. The van der Waals surface area contributed by atoms with Gasteiger partial charge in [-0.3, -0.25) is 9.59 Å². The van der Waals surface area contributed by atoms with E-state index in [1.807, 2.05) is 28.0 Å². The molecule has 2 amide bonds. The Labute approximate surface area is 363 Å². The fourth-order valence-electron chi connectivity index (χ4n) is 9.15. The van der Waals surface area contributed by atoms with Crippen LogP contribution in [-0.2, 0) is 18.3 Å². The molecule has 0 saturated heterocycles. The van der Waals surface area contributed by atoms with E-state index in [4.69, 9.17) is 11.6 Å². The number of halogens is 1. The van der Waals surface area contributed by atoms with Gasteiger partial charge in [0.15, 0.2) is 0 Å². The molecule has 0 spiro atoms. The van der Waals surface area contributed by atoms with Crippen molar-refractivity contribution in [2.75, 3.05) is 13.1 Å². The molecular weight excluding hydrogens is 772 g/mol. The quantitative estimate of drug-likeness (QED) is 0.186. The number of aryl methyl sites for hydroxylation is 2. The molecule has 61 heavy (non-hydrogen) atoms. The molecule has 10 rings (SSSR count). The molecule has 0 radical (unpaired) electrons. The van der Waals surface area contributed by atoms with Crippen LogP contribution in [0.2, 0.25) is 5.02 Å². The summed E-state index contributed by atoms with van der Waals surface area (Å²) in [5, 5.41) is 3.15. The molecular formula is C54H51ClN4O2. The van der Waals surface area contributed by atoms with Crippen LogP contribution in [0.4, 0.5) is 0 Å². The van der Waals surface area contributed by atoms with Gasteiger partial charge in [-0.25, -0.2) is 0 Å². The van der Waals surface area contributed by atoms with Crippen LogP contribution in [0.25, 0.3) is 21.8 Å². The second kappa shape index (κ2) is 16.2. The number of hydrogen-bond donors (Lipinski definition) is 2. The molecule has 7 heteroatoms. The summed E-state index contributed by atoms with van der Waals surface area (Å²) in [6.45, 7) is 12.1. The summed E-state index contributed by atoms with van der Waals surface area (Å²) in [6, 6.07) is 48.9. The summed E-state index contributed by atoms with van der Waals surface area (Å²) < 4.78 is 0. The van der Waals surface area contributed by atoms with E-state index in [0.717, 1.165) is 52.0 Å². The van der Waals surface area contributed by atoms with E-state index in [-0.39, 0.29) is 29.3 Å². The standard InChI is InChI=1S/C29H30N2O.C25H21ClN2O/c1-19-9-11-20(12-10-19)27-26-24(23-7-5-6-8-25(23)30-26)17-18-31(27)28(32)21-13-15-22(16-14-21)29(2,3)4;1-16-6-8-17(9-7-16)24-23-21(20-4-2-3-5-22(20)27-23)14-15-28(24)25(29)18-10-12-19(26)13-11-18/h5-16,27,30H,17-18H2,1-4H3;2-13,24,27H,14-15H2,1H3. The van der Waals surface area contributed by atoms with E-state index in [1.165, 1.54) is 38.6 Å². The summed E-state index contributed by atoms with van der Waals surface area (Å²) >= 11 is 6.02. The molecule has 0 fully saturated rings. The van der Waals surface area contributed by atoms with Crippen LogP contribution >= 0.6 is 11.6 Å². The number of fused-ring (bicyclic) bond motifs is 6. The molecule has 6 nitrogen and oxygen atoms in total. The highest BCUT2D eigenvalue weighted by Crippen LogP contribution is 2.41. The molecule has 2 unspecified atom stereocenters. The highest BCUT2D eigenvalue weighted by molar-refractivity contribution is 6.30. The Morgan fingerprint density at radius 2 is 0.934 bits per heavy atom. The van der Waals surface area contributed by atoms with E-state index in [2.05, 4.69) is 148 Å². The van der Waals surface area contributed by atoms with Crippen molar-refractivity contribution in [1.29, 1.82) is 0 Å². The molecule has 0 bridgehead atoms. The van der Waals surface area contributed by atoms with E-state index < -0.39 is 0 Å². The van der Waals surface area contributed by atoms with Crippen molar-refractivity contribution >= 4 is 45.2 Å². The Bertz CT molecular complexity index is 2860. The van der Waals surface area contributed by atoms with Crippen molar-refractivity contribution < 1.29 is 9.59 Å². The fraction of sp³-hybridized carbons (Fsp3) is 0.222. The van der Waals surface area contributed by atoms with Gasteiger partial charge in [0.25, 0.3) is 11.8 Å². The number of H-pyrrole nitrogens is 2. The van der Waals surface area contributed by atoms with Gasteiger partial charge in [-0.15, -0.1) is 0 Å². The van der Waals surface area contributed by atoms with Crippen molar-refractivity contribution in [1.82, 2.24) is 19.8 Å². The van der Waals surface area contributed by atoms with Gasteiger partial charge in [0.2, 0.25) is 0 Å². The lowest BCUT2D eigenvalue weighted by Gasteiger charge is -2.36. The summed E-state index contributed by atoms with van der Waals surface area (Å²) in [5.41, 5.74) is 14.5. The fourth-order valence-corrected chi connectivity index (χ4v) is 9.27. The third-order valence-electron chi connectivity index (χ3n) is 12.5. The lowest BCUT2D eigenvalue weighted by molar-refractivity contribution is 0.0685. The zero-order valence-electron chi connectivity index (χ0n) is 35.4. The van der Waals surface area contributed by atoms with Crippen molar-refractivity contribution in [2.45, 2.75) is 65.0 Å². The minimum absolute atomic E-state index is 0.0246. The third kappa shape index (κ3) is 7.77. The van der Waals surface area contributed by atoms with Crippen LogP contribution < -0.4 is 0 Å². The zero-order valence-corrected chi connectivity index (χ0v) is 36.2. The highest BCUT2D eigenvalue weighted by atomic mass is 35.5. The number of carbonyl (C=O) groups excluding carboxylic acids is 2. The maximum absolute atomic E-state index is 13.7. The van der Waals surface area contributed by atoms with Crippen molar-refractivity contribution in [3.63, 3.8) is 0 Å². The van der Waals surface area contributed by atoms with Gasteiger partial charge in [-0.05, 0) is 108 Å². The Kier molecular flexibility index (Phi) is 10.7. The Morgan fingerprint density at radius 1 is 0.541 bits per heavy atom. The van der Waals surface area contributed by atoms with E-state index in [1.54, 1.807) is 24.3 Å². The number of para-hydroxylation sites is 2. The van der Waals surface area contributed by atoms with Gasteiger partial charge < -0.3 is 19.8 Å². The summed E-state index contributed by atoms with van der Waals surface area (Å²) in [6.07, 6.45) is 1.69. The average molecular weight is 823 g/mol. The smallest absolute Gasteiger partial charge is 0.254 e. The zero-order chi connectivity index (χ0) is 42.4. The number of nitrogens with zero attached hydrogens (tertiary/aromatic N) is 2. The van der Waals surface area contributed by atoms with Crippen molar-refractivity contribution in [3.8, 4) is 0 Å². The average Bonchev–Trinajstić information content (AvgIpc) is 3.85. The molecule has 6 aromatic carbocycles. The summed E-state index contributed by atoms with van der Waals surface area (Å²) in [5.74, 6) is 0.108. The number of amides is 2. The number of aromatic amines is 2. The molecule has 4 heterocycles. The van der Waals surface area contributed by atoms with Gasteiger partial charge in [-0.2, -0.15) is 0 Å². The van der Waals surface area contributed by atoms with Crippen LogP contribution in [-0.4, -0.2) is 44.7 Å². The molecule has 0 saturated carbocycles. The molecule has 306 valence electrons. The maximum atomic E-state index is 13.7. The first-order chi connectivity index (χ1) is 29.4. The van der Waals surface area contributed by atoms with Crippen molar-refractivity contribution in [2.24, 2.45) is 0 Å². The monoisotopic (exact) mass is 822 g/mol. The number of carbonyl (C=O) groups is 2.